The van der Waals surface area contributed by atoms with E-state index in [1.807, 2.05) is 0 Å². The number of thioether (sulfide) groups is 1. The van der Waals surface area contributed by atoms with Crippen molar-refractivity contribution in [2.75, 3.05) is 11.9 Å². The van der Waals surface area contributed by atoms with Gasteiger partial charge < -0.3 is 15.5 Å². The molecule has 162 valence electrons. The van der Waals surface area contributed by atoms with Crippen molar-refractivity contribution >= 4 is 63.5 Å². The van der Waals surface area contributed by atoms with Crippen molar-refractivity contribution < 1.29 is 19.8 Å². The monoisotopic (exact) mass is 476 g/mol. The SMILES string of the molecule is O=C(CCCCCN1C(=O)/C(=C/c2cc(Cl)ccc2O)SC1=S)Nc1ccc(O)cc1. The van der Waals surface area contributed by atoms with E-state index in [4.69, 9.17) is 23.8 Å². The van der Waals surface area contributed by atoms with Crippen molar-refractivity contribution in [2.24, 2.45) is 0 Å². The first-order valence-electron chi connectivity index (χ1n) is 9.66. The Labute approximate surface area is 194 Å². The highest BCUT2D eigenvalue weighted by atomic mass is 35.5. The molecular weight excluding hydrogens is 456 g/mol. The van der Waals surface area contributed by atoms with Gasteiger partial charge in [0.15, 0.2) is 0 Å². The summed E-state index contributed by atoms with van der Waals surface area (Å²) in [5.74, 6) is -0.104. The summed E-state index contributed by atoms with van der Waals surface area (Å²) in [6.45, 7) is 0.475. The molecule has 2 amide bonds. The van der Waals surface area contributed by atoms with Crippen LogP contribution < -0.4 is 5.32 Å². The number of nitrogens with zero attached hydrogens (tertiary/aromatic N) is 1. The molecule has 0 saturated carbocycles. The van der Waals surface area contributed by atoms with Gasteiger partial charge in [0.1, 0.15) is 15.8 Å². The predicted molar refractivity (Wildman–Crippen MR) is 128 cm³/mol. The fraction of sp³-hybridized carbons (Fsp3) is 0.227. The summed E-state index contributed by atoms with van der Waals surface area (Å²) in [6, 6.07) is 10.9. The molecule has 0 aromatic heterocycles. The summed E-state index contributed by atoms with van der Waals surface area (Å²) in [5.41, 5.74) is 1.10. The number of anilines is 1. The first kappa shape index (κ1) is 23.1. The van der Waals surface area contributed by atoms with Crippen molar-refractivity contribution in [3.8, 4) is 11.5 Å². The Morgan fingerprint density at radius 2 is 1.87 bits per heavy atom. The second kappa shape index (κ2) is 10.7. The van der Waals surface area contributed by atoms with E-state index in [0.29, 0.717) is 51.3 Å². The largest absolute Gasteiger partial charge is 0.508 e. The topological polar surface area (TPSA) is 89.9 Å². The van der Waals surface area contributed by atoms with Crippen molar-refractivity contribution in [1.29, 1.82) is 0 Å². The van der Waals surface area contributed by atoms with E-state index < -0.39 is 0 Å². The molecule has 31 heavy (non-hydrogen) atoms. The van der Waals surface area contributed by atoms with Crippen molar-refractivity contribution in [3.05, 3.63) is 58.0 Å². The lowest BCUT2D eigenvalue weighted by Gasteiger charge is -2.14. The maximum Gasteiger partial charge on any atom is 0.266 e. The van der Waals surface area contributed by atoms with E-state index in [0.717, 1.165) is 6.42 Å². The van der Waals surface area contributed by atoms with Gasteiger partial charge >= 0.3 is 0 Å². The molecule has 1 heterocycles. The molecule has 2 aromatic rings. The van der Waals surface area contributed by atoms with Gasteiger partial charge in [-0.25, -0.2) is 0 Å². The molecular formula is C22H21ClN2O4S2. The van der Waals surface area contributed by atoms with Gasteiger partial charge in [-0.3, -0.25) is 14.5 Å². The van der Waals surface area contributed by atoms with E-state index in [-0.39, 0.29) is 23.3 Å². The van der Waals surface area contributed by atoms with Gasteiger partial charge in [0, 0.05) is 29.2 Å². The number of hydrogen-bond acceptors (Lipinski definition) is 6. The zero-order valence-electron chi connectivity index (χ0n) is 16.5. The Balaban J connectivity index is 1.44. The maximum absolute atomic E-state index is 12.7. The number of amides is 2. The number of phenols is 2. The summed E-state index contributed by atoms with van der Waals surface area (Å²) >= 11 is 12.5. The summed E-state index contributed by atoms with van der Waals surface area (Å²) in [7, 11) is 0. The van der Waals surface area contributed by atoms with Crippen LogP contribution in [0.1, 0.15) is 31.2 Å². The number of nitrogens with one attached hydrogen (secondary N) is 1. The number of carbonyl (C=O) groups is 2. The molecule has 1 aliphatic heterocycles. The average molecular weight is 477 g/mol. The number of benzene rings is 2. The Kier molecular flexibility index (Phi) is 7.95. The lowest BCUT2D eigenvalue weighted by Crippen LogP contribution is -2.29. The number of rotatable bonds is 8. The molecule has 9 heteroatoms. The molecule has 2 aromatic carbocycles. The Morgan fingerprint density at radius 1 is 1.13 bits per heavy atom. The van der Waals surface area contributed by atoms with E-state index in [2.05, 4.69) is 5.32 Å². The molecule has 0 radical (unpaired) electrons. The third kappa shape index (κ3) is 6.46. The fourth-order valence-corrected chi connectivity index (χ4v) is 4.46. The number of aromatic hydroxyl groups is 2. The van der Waals surface area contributed by atoms with Gasteiger partial charge in [0.25, 0.3) is 5.91 Å². The Bertz CT molecular complexity index is 1020. The minimum atomic E-state index is -0.195. The van der Waals surface area contributed by atoms with Crippen LogP contribution in [0.3, 0.4) is 0 Å². The molecule has 3 rings (SSSR count). The van der Waals surface area contributed by atoms with E-state index in [1.165, 1.54) is 30.0 Å². The Hall–Kier alpha value is -2.55. The smallest absolute Gasteiger partial charge is 0.266 e. The number of phenolic OH excluding ortho intramolecular Hbond substituents is 2. The van der Waals surface area contributed by atoms with Crippen LogP contribution in [0.15, 0.2) is 47.4 Å². The van der Waals surface area contributed by atoms with Crippen molar-refractivity contribution in [3.63, 3.8) is 0 Å². The Morgan fingerprint density at radius 3 is 2.61 bits per heavy atom. The van der Waals surface area contributed by atoms with Gasteiger partial charge in [-0.15, -0.1) is 0 Å². The second-order valence-corrected chi connectivity index (χ2v) is 9.05. The summed E-state index contributed by atoms with van der Waals surface area (Å²) in [5, 5.41) is 22.5. The van der Waals surface area contributed by atoms with Gasteiger partial charge in [-0.1, -0.05) is 42.0 Å². The van der Waals surface area contributed by atoms with E-state index in [1.54, 1.807) is 35.2 Å². The molecule has 1 aliphatic rings. The minimum absolute atomic E-state index is 0.0419. The average Bonchev–Trinajstić information content (AvgIpc) is 2.99. The highest BCUT2D eigenvalue weighted by Crippen LogP contribution is 2.34. The second-order valence-electron chi connectivity index (χ2n) is 6.94. The lowest BCUT2D eigenvalue weighted by atomic mass is 10.1. The van der Waals surface area contributed by atoms with Crippen LogP contribution in [0.2, 0.25) is 5.02 Å². The van der Waals surface area contributed by atoms with Crippen LogP contribution in [-0.4, -0.2) is 37.8 Å². The van der Waals surface area contributed by atoms with Gasteiger partial charge in [0.05, 0.1) is 4.91 Å². The molecule has 3 N–H and O–H groups in total. The van der Waals surface area contributed by atoms with Crippen LogP contribution in [-0.2, 0) is 9.59 Å². The number of unbranched alkanes of at least 4 members (excludes halogenated alkanes) is 2. The summed E-state index contributed by atoms with van der Waals surface area (Å²) in [4.78, 5) is 26.6. The number of hydrogen-bond donors (Lipinski definition) is 3. The molecule has 0 spiro atoms. The highest BCUT2D eigenvalue weighted by molar-refractivity contribution is 8.26. The lowest BCUT2D eigenvalue weighted by molar-refractivity contribution is -0.122. The van der Waals surface area contributed by atoms with Crippen molar-refractivity contribution in [1.82, 2.24) is 4.90 Å². The predicted octanol–water partition coefficient (Wildman–Crippen LogP) is 5.15. The summed E-state index contributed by atoms with van der Waals surface area (Å²) in [6.07, 6.45) is 4.13. The van der Waals surface area contributed by atoms with Crippen LogP contribution in [0.25, 0.3) is 6.08 Å². The first-order chi connectivity index (χ1) is 14.8. The molecule has 0 atom stereocenters. The molecule has 1 saturated heterocycles. The molecule has 0 aliphatic carbocycles. The zero-order chi connectivity index (χ0) is 22.4. The van der Waals surface area contributed by atoms with Gasteiger partial charge in [0.2, 0.25) is 5.91 Å². The fourth-order valence-electron chi connectivity index (χ4n) is 2.98. The first-order valence-corrected chi connectivity index (χ1v) is 11.3. The zero-order valence-corrected chi connectivity index (χ0v) is 18.9. The minimum Gasteiger partial charge on any atom is -0.508 e. The van der Waals surface area contributed by atoms with E-state index in [9.17, 15) is 19.8 Å². The normalized spacial score (nSPS) is 15.0. The number of thiocarbonyl (C=S) groups is 1. The summed E-state index contributed by atoms with van der Waals surface area (Å²) < 4.78 is 0.475. The number of carbonyl (C=O) groups excluding carboxylic acids is 2. The molecule has 6 nitrogen and oxygen atoms in total. The third-order valence-electron chi connectivity index (χ3n) is 4.59. The van der Waals surface area contributed by atoms with Gasteiger partial charge in [-0.05, 0) is 61.4 Å². The highest BCUT2D eigenvalue weighted by Gasteiger charge is 2.31. The molecule has 0 unspecified atom stereocenters. The van der Waals surface area contributed by atoms with Crippen LogP contribution in [0.5, 0.6) is 11.5 Å². The van der Waals surface area contributed by atoms with Crippen LogP contribution in [0, 0.1) is 0 Å². The maximum atomic E-state index is 12.7. The van der Waals surface area contributed by atoms with Gasteiger partial charge in [-0.2, -0.15) is 0 Å². The quantitative estimate of drug-likeness (QED) is 0.211. The van der Waals surface area contributed by atoms with E-state index >= 15 is 0 Å². The standard InChI is InChI=1S/C22H21ClN2O4S2/c23-15-5-10-18(27)14(12-15)13-19-21(29)25(22(30)31-19)11-3-1-2-4-20(28)24-16-6-8-17(26)9-7-16/h5-10,12-13,26-27H,1-4,11H2,(H,24,28)/b19-13-. The van der Waals surface area contributed by atoms with Crippen LogP contribution >= 0.6 is 35.6 Å². The number of halogens is 1. The molecule has 0 bridgehead atoms. The molecule has 1 fully saturated rings. The third-order valence-corrected chi connectivity index (χ3v) is 6.20. The van der Waals surface area contributed by atoms with Crippen LogP contribution in [0.4, 0.5) is 5.69 Å². The van der Waals surface area contributed by atoms with Crippen molar-refractivity contribution in [2.45, 2.75) is 25.7 Å².